The molecule has 2 aromatic carbocycles. The Morgan fingerprint density at radius 3 is 2.55 bits per heavy atom. The number of likely N-dealkylation sites (N-methyl/N-ethyl adjacent to an activating group) is 1. The highest BCUT2D eigenvalue weighted by Crippen LogP contribution is 2.38. The van der Waals surface area contributed by atoms with Crippen LogP contribution >= 0.6 is 0 Å². The molecule has 1 aromatic heterocycles. The second-order valence-electron chi connectivity index (χ2n) is 9.59. The Kier molecular flexibility index (Phi) is 7.21. The average Bonchev–Trinajstić information content (AvgIpc) is 3.48. The molecule has 2 aliphatic rings. The van der Waals surface area contributed by atoms with E-state index in [2.05, 4.69) is 6.08 Å². The minimum Gasteiger partial charge on any atom is -0.497 e. The molecule has 1 amide bonds. The third kappa shape index (κ3) is 5.15. The van der Waals surface area contributed by atoms with E-state index in [1.807, 2.05) is 48.5 Å². The van der Waals surface area contributed by atoms with Crippen molar-refractivity contribution in [3.63, 3.8) is 0 Å². The summed E-state index contributed by atoms with van der Waals surface area (Å²) in [4.78, 5) is 32.8. The van der Waals surface area contributed by atoms with Gasteiger partial charge >= 0.3 is 5.97 Å². The van der Waals surface area contributed by atoms with Gasteiger partial charge in [0.1, 0.15) is 5.75 Å². The van der Waals surface area contributed by atoms with Gasteiger partial charge in [0.2, 0.25) is 0 Å². The highest BCUT2D eigenvalue weighted by Gasteiger charge is 2.34. The maximum atomic E-state index is 13.4. The van der Waals surface area contributed by atoms with Crippen LogP contribution in [0, 0.1) is 0 Å². The minimum atomic E-state index is -3.14. The number of hydrogen-bond donors (Lipinski definition) is 0. The molecular formula is C29H30N2O6S. The molecule has 1 saturated heterocycles. The van der Waals surface area contributed by atoms with Crippen LogP contribution in [0.4, 0.5) is 0 Å². The fourth-order valence-corrected chi connectivity index (χ4v) is 7.09. The molecule has 0 spiro atoms. The Bertz CT molecular complexity index is 1530. The standard InChI is InChI=1S/C29H30N2O6S/c1-3-31(21-14-15-38(34,35)18-21)26(32)17-37-29(33)27-23-6-4-5-7-25(23)30-28-20(10-13-24(27)28)16-19-8-11-22(36-2)12-9-19/h4-9,11-12,16,21H,3,10,13-15,17-18H2,1-2H3/b20-16+/t21-/m0/s1. The maximum absolute atomic E-state index is 13.4. The van der Waals surface area contributed by atoms with E-state index in [0.29, 0.717) is 35.9 Å². The van der Waals surface area contributed by atoms with E-state index in [1.54, 1.807) is 14.0 Å². The third-order valence-electron chi connectivity index (χ3n) is 7.24. The number of sulfone groups is 1. The fourth-order valence-electron chi connectivity index (χ4n) is 5.36. The number of methoxy groups -OCH3 is 1. The molecule has 5 rings (SSSR count). The van der Waals surface area contributed by atoms with Crippen molar-refractivity contribution in [2.45, 2.75) is 32.2 Å². The molecule has 1 atom stereocenters. The Balaban J connectivity index is 1.42. The number of allylic oxidation sites excluding steroid dienone is 1. The lowest BCUT2D eigenvalue weighted by molar-refractivity contribution is -0.136. The summed E-state index contributed by atoms with van der Waals surface area (Å²) >= 11 is 0. The molecule has 0 saturated carbocycles. The van der Waals surface area contributed by atoms with Crippen molar-refractivity contribution >= 4 is 44.3 Å². The van der Waals surface area contributed by atoms with Crippen molar-refractivity contribution < 1.29 is 27.5 Å². The van der Waals surface area contributed by atoms with Crippen molar-refractivity contribution in [2.75, 3.05) is 31.8 Å². The molecule has 1 fully saturated rings. The quantitative estimate of drug-likeness (QED) is 0.423. The van der Waals surface area contributed by atoms with E-state index in [0.717, 1.165) is 34.6 Å². The number of para-hydroxylation sites is 1. The number of carbonyl (C=O) groups excluding carboxylic acids is 2. The van der Waals surface area contributed by atoms with Crippen molar-refractivity contribution in [1.82, 2.24) is 9.88 Å². The SMILES string of the molecule is CCN(C(=O)COC(=O)c1c2c(nc3ccccc13)/C(=C/c1ccc(OC)cc1)CC2)[C@H]1CCS(=O)(=O)C1. The van der Waals surface area contributed by atoms with Gasteiger partial charge in [-0.05, 0) is 67.2 Å². The van der Waals surface area contributed by atoms with Gasteiger partial charge in [0.05, 0.1) is 35.4 Å². The predicted octanol–water partition coefficient (Wildman–Crippen LogP) is 3.92. The van der Waals surface area contributed by atoms with Gasteiger partial charge in [-0.3, -0.25) is 4.79 Å². The lowest BCUT2D eigenvalue weighted by atomic mass is 10.0. The number of carbonyl (C=O) groups is 2. The van der Waals surface area contributed by atoms with Crippen LogP contribution in [0.15, 0.2) is 48.5 Å². The number of esters is 1. The molecule has 0 radical (unpaired) electrons. The van der Waals surface area contributed by atoms with Gasteiger partial charge in [0.15, 0.2) is 16.4 Å². The summed E-state index contributed by atoms with van der Waals surface area (Å²) in [5.74, 6) is -0.166. The van der Waals surface area contributed by atoms with Gasteiger partial charge in [0.25, 0.3) is 5.91 Å². The molecule has 198 valence electrons. The molecule has 8 nitrogen and oxygen atoms in total. The monoisotopic (exact) mass is 534 g/mol. The predicted molar refractivity (Wildman–Crippen MR) is 146 cm³/mol. The summed E-state index contributed by atoms with van der Waals surface area (Å²) in [6.45, 7) is 1.71. The molecule has 0 bridgehead atoms. The minimum absolute atomic E-state index is 0.0493. The number of rotatable bonds is 7. The molecule has 2 heterocycles. The summed E-state index contributed by atoms with van der Waals surface area (Å²) in [7, 11) is -1.51. The van der Waals surface area contributed by atoms with E-state index in [-0.39, 0.29) is 17.5 Å². The molecule has 0 N–H and O–H groups in total. The largest absolute Gasteiger partial charge is 0.497 e. The third-order valence-corrected chi connectivity index (χ3v) is 8.99. The number of aromatic nitrogens is 1. The number of ether oxygens (including phenoxy) is 2. The smallest absolute Gasteiger partial charge is 0.339 e. The summed E-state index contributed by atoms with van der Waals surface area (Å²) in [6, 6.07) is 14.8. The van der Waals surface area contributed by atoms with Crippen LogP contribution in [0.1, 0.15) is 46.9 Å². The van der Waals surface area contributed by atoms with Crippen LogP contribution in [-0.2, 0) is 25.8 Å². The molecular weight excluding hydrogens is 504 g/mol. The van der Waals surface area contributed by atoms with Crippen LogP contribution in [0.25, 0.3) is 22.6 Å². The number of nitrogens with zero attached hydrogens (tertiary/aromatic N) is 2. The molecule has 38 heavy (non-hydrogen) atoms. The number of hydrogen-bond acceptors (Lipinski definition) is 7. The van der Waals surface area contributed by atoms with E-state index >= 15 is 0 Å². The number of amides is 1. The van der Waals surface area contributed by atoms with Gasteiger partial charge < -0.3 is 14.4 Å². The molecule has 9 heteroatoms. The number of pyridine rings is 1. The molecule has 3 aromatic rings. The van der Waals surface area contributed by atoms with Crippen LogP contribution in [-0.4, -0.2) is 68.0 Å². The average molecular weight is 535 g/mol. The topological polar surface area (TPSA) is 103 Å². The first-order valence-corrected chi connectivity index (χ1v) is 14.6. The summed E-state index contributed by atoms with van der Waals surface area (Å²) in [5.41, 5.74) is 4.73. The molecule has 0 unspecified atom stereocenters. The zero-order chi connectivity index (χ0) is 26.9. The lowest BCUT2D eigenvalue weighted by Gasteiger charge is -2.26. The zero-order valence-corrected chi connectivity index (χ0v) is 22.3. The second kappa shape index (κ2) is 10.6. The normalized spacial score (nSPS) is 18.9. The van der Waals surface area contributed by atoms with Crippen LogP contribution in [0.3, 0.4) is 0 Å². The summed E-state index contributed by atoms with van der Waals surface area (Å²) < 4.78 is 34.6. The first-order chi connectivity index (χ1) is 18.3. The first-order valence-electron chi connectivity index (χ1n) is 12.7. The van der Waals surface area contributed by atoms with Gasteiger partial charge in [-0.2, -0.15) is 0 Å². The van der Waals surface area contributed by atoms with Gasteiger partial charge in [-0.15, -0.1) is 0 Å². The fraction of sp³-hybridized carbons (Fsp3) is 0.345. The Morgan fingerprint density at radius 2 is 1.87 bits per heavy atom. The van der Waals surface area contributed by atoms with Crippen molar-refractivity contribution in [2.24, 2.45) is 0 Å². The van der Waals surface area contributed by atoms with E-state index < -0.39 is 28.3 Å². The number of benzene rings is 2. The Morgan fingerprint density at radius 1 is 1.11 bits per heavy atom. The Hall–Kier alpha value is -3.72. The highest BCUT2D eigenvalue weighted by molar-refractivity contribution is 7.91. The first kappa shape index (κ1) is 25.9. The van der Waals surface area contributed by atoms with E-state index in [1.165, 1.54) is 4.90 Å². The molecule has 1 aliphatic heterocycles. The van der Waals surface area contributed by atoms with Gasteiger partial charge in [0, 0.05) is 18.0 Å². The van der Waals surface area contributed by atoms with Crippen LogP contribution in [0.5, 0.6) is 5.75 Å². The van der Waals surface area contributed by atoms with Gasteiger partial charge in [-0.1, -0.05) is 30.3 Å². The maximum Gasteiger partial charge on any atom is 0.339 e. The zero-order valence-electron chi connectivity index (χ0n) is 21.5. The van der Waals surface area contributed by atoms with Crippen LogP contribution < -0.4 is 4.74 Å². The van der Waals surface area contributed by atoms with Crippen molar-refractivity contribution in [3.8, 4) is 5.75 Å². The lowest BCUT2D eigenvalue weighted by Crippen LogP contribution is -2.43. The number of fused-ring (bicyclic) bond motifs is 2. The summed E-state index contributed by atoms with van der Waals surface area (Å²) in [5, 5.41) is 0.684. The highest BCUT2D eigenvalue weighted by atomic mass is 32.2. The van der Waals surface area contributed by atoms with Crippen molar-refractivity contribution in [1.29, 1.82) is 0 Å². The Labute approximate surface area is 222 Å². The van der Waals surface area contributed by atoms with Gasteiger partial charge in [-0.25, -0.2) is 18.2 Å². The summed E-state index contributed by atoms with van der Waals surface area (Å²) in [6.07, 6.45) is 3.83. The van der Waals surface area contributed by atoms with Crippen LogP contribution in [0.2, 0.25) is 0 Å². The molecule has 1 aliphatic carbocycles. The second-order valence-corrected chi connectivity index (χ2v) is 11.8. The van der Waals surface area contributed by atoms with E-state index in [4.69, 9.17) is 14.5 Å². The van der Waals surface area contributed by atoms with E-state index in [9.17, 15) is 18.0 Å². The van der Waals surface area contributed by atoms with Crippen molar-refractivity contribution in [3.05, 3.63) is 70.9 Å².